The lowest BCUT2D eigenvalue weighted by atomic mass is 10.0. The molecule has 126 valence electrons. The molecule has 2 aliphatic heterocycles. The van der Waals surface area contributed by atoms with Crippen molar-refractivity contribution in [2.45, 2.75) is 31.7 Å². The highest BCUT2D eigenvalue weighted by molar-refractivity contribution is 5.77. The number of carbonyl (C=O) groups excluding carboxylic acids is 1. The molecule has 1 fully saturated rings. The van der Waals surface area contributed by atoms with E-state index < -0.39 is 0 Å². The first-order chi connectivity index (χ1) is 11.8. The number of carbonyl (C=O) groups is 1. The number of hydrogen-bond acceptors (Lipinski definition) is 4. The van der Waals surface area contributed by atoms with Gasteiger partial charge in [0.2, 0.25) is 5.91 Å². The molecule has 2 aliphatic rings. The van der Waals surface area contributed by atoms with Gasteiger partial charge in [0.1, 0.15) is 19.0 Å². The highest BCUT2D eigenvalue weighted by Gasteiger charge is 2.30. The minimum Gasteiger partial charge on any atom is -0.486 e. The average molecular weight is 327 g/mol. The Balaban J connectivity index is 1.47. The van der Waals surface area contributed by atoms with Crippen LogP contribution in [0.4, 0.5) is 0 Å². The van der Waals surface area contributed by atoms with E-state index in [-0.39, 0.29) is 11.9 Å². The zero-order chi connectivity index (χ0) is 16.4. The summed E-state index contributed by atoms with van der Waals surface area (Å²) in [4.78, 5) is 14.6. The fraction of sp³-hybridized carbons (Fsp3) is 0.421. The van der Waals surface area contributed by atoms with Gasteiger partial charge in [0, 0.05) is 19.4 Å². The molecular formula is C19H21NO4. The van der Waals surface area contributed by atoms with Gasteiger partial charge in [-0.1, -0.05) is 6.07 Å². The molecule has 0 unspecified atom stereocenters. The third-order valence-electron chi connectivity index (χ3n) is 4.69. The van der Waals surface area contributed by atoms with Crippen LogP contribution in [0.25, 0.3) is 0 Å². The Morgan fingerprint density at radius 1 is 1.17 bits per heavy atom. The smallest absolute Gasteiger partial charge is 0.223 e. The van der Waals surface area contributed by atoms with Crippen LogP contribution >= 0.6 is 0 Å². The summed E-state index contributed by atoms with van der Waals surface area (Å²) >= 11 is 0. The summed E-state index contributed by atoms with van der Waals surface area (Å²) in [5.41, 5.74) is 1.13. The number of furan rings is 1. The summed E-state index contributed by atoms with van der Waals surface area (Å²) < 4.78 is 16.6. The van der Waals surface area contributed by atoms with Crippen LogP contribution in [0.2, 0.25) is 0 Å². The molecule has 0 bridgehead atoms. The number of benzene rings is 1. The summed E-state index contributed by atoms with van der Waals surface area (Å²) in [6.45, 7) is 1.98. The Bertz CT molecular complexity index is 710. The third kappa shape index (κ3) is 2.98. The molecule has 24 heavy (non-hydrogen) atoms. The number of nitrogens with zero attached hydrogens (tertiary/aromatic N) is 1. The zero-order valence-corrected chi connectivity index (χ0v) is 13.6. The van der Waals surface area contributed by atoms with Crippen LogP contribution < -0.4 is 9.47 Å². The van der Waals surface area contributed by atoms with Crippen LogP contribution in [0.3, 0.4) is 0 Å². The van der Waals surface area contributed by atoms with Crippen molar-refractivity contribution in [3.8, 4) is 11.5 Å². The van der Waals surface area contributed by atoms with Crippen LogP contribution in [-0.4, -0.2) is 30.6 Å². The van der Waals surface area contributed by atoms with Crippen molar-refractivity contribution < 1.29 is 18.7 Å². The van der Waals surface area contributed by atoms with Crippen molar-refractivity contribution in [1.29, 1.82) is 0 Å². The largest absolute Gasteiger partial charge is 0.486 e. The van der Waals surface area contributed by atoms with Gasteiger partial charge >= 0.3 is 0 Å². The summed E-state index contributed by atoms with van der Waals surface area (Å²) in [6, 6.07) is 9.93. The first kappa shape index (κ1) is 15.1. The maximum atomic E-state index is 12.6. The molecular weight excluding hydrogens is 306 g/mol. The van der Waals surface area contributed by atoms with Gasteiger partial charge in [-0.25, -0.2) is 0 Å². The maximum Gasteiger partial charge on any atom is 0.223 e. The van der Waals surface area contributed by atoms with Crippen molar-refractivity contribution in [1.82, 2.24) is 4.90 Å². The van der Waals surface area contributed by atoms with Gasteiger partial charge in [-0.3, -0.25) is 4.79 Å². The molecule has 1 aromatic heterocycles. The zero-order valence-electron chi connectivity index (χ0n) is 13.6. The summed E-state index contributed by atoms with van der Waals surface area (Å²) in [7, 11) is 0. The van der Waals surface area contributed by atoms with E-state index in [1.165, 1.54) is 0 Å². The molecule has 0 N–H and O–H groups in total. The topological polar surface area (TPSA) is 51.9 Å². The van der Waals surface area contributed by atoms with E-state index in [0.717, 1.165) is 42.2 Å². The van der Waals surface area contributed by atoms with Crippen molar-refractivity contribution in [2.75, 3.05) is 19.8 Å². The molecule has 0 spiro atoms. The number of amides is 1. The lowest BCUT2D eigenvalue weighted by Gasteiger charge is -2.26. The van der Waals surface area contributed by atoms with E-state index in [1.807, 2.05) is 29.2 Å². The lowest BCUT2D eigenvalue weighted by Crippen LogP contribution is -2.30. The maximum absolute atomic E-state index is 12.6. The monoisotopic (exact) mass is 327 g/mol. The minimum absolute atomic E-state index is 0.130. The molecule has 0 radical (unpaired) electrons. The predicted octanol–water partition coefficient (Wildman–Crippen LogP) is 3.35. The third-order valence-corrected chi connectivity index (χ3v) is 4.69. The normalized spacial score (nSPS) is 19.5. The van der Waals surface area contributed by atoms with E-state index in [4.69, 9.17) is 13.9 Å². The molecule has 0 saturated carbocycles. The number of fused-ring (bicyclic) bond motifs is 1. The van der Waals surface area contributed by atoms with Crippen LogP contribution in [0.1, 0.15) is 36.6 Å². The first-order valence-electron chi connectivity index (χ1n) is 8.52. The van der Waals surface area contributed by atoms with E-state index in [1.54, 1.807) is 6.26 Å². The molecule has 1 amide bonds. The second kappa shape index (κ2) is 6.59. The van der Waals surface area contributed by atoms with E-state index in [0.29, 0.717) is 26.1 Å². The molecule has 4 rings (SSSR count). The Morgan fingerprint density at radius 3 is 2.88 bits per heavy atom. The molecule has 1 aromatic carbocycles. The molecule has 0 aliphatic carbocycles. The van der Waals surface area contributed by atoms with Gasteiger partial charge in [0.25, 0.3) is 0 Å². The van der Waals surface area contributed by atoms with E-state index in [2.05, 4.69) is 6.07 Å². The first-order valence-corrected chi connectivity index (χ1v) is 8.52. The highest BCUT2D eigenvalue weighted by atomic mass is 16.6. The van der Waals surface area contributed by atoms with Gasteiger partial charge in [-0.15, -0.1) is 0 Å². The fourth-order valence-corrected chi connectivity index (χ4v) is 3.51. The van der Waals surface area contributed by atoms with Gasteiger partial charge < -0.3 is 18.8 Å². The van der Waals surface area contributed by atoms with Gasteiger partial charge in [0.15, 0.2) is 11.5 Å². The van der Waals surface area contributed by atoms with Crippen LogP contribution in [0.5, 0.6) is 11.5 Å². The van der Waals surface area contributed by atoms with Crippen LogP contribution in [0, 0.1) is 0 Å². The van der Waals surface area contributed by atoms with Crippen molar-refractivity contribution in [2.24, 2.45) is 0 Å². The summed E-state index contributed by atoms with van der Waals surface area (Å²) in [6.07, 6.45) is 4.80. The van der Waals surface area contributed by atoms with Gasteiger partial charge in [-0.2, -0.15) is 0 Å². The number of likely N-dealkylation sites (tertiary alicyclic amines) is 1. The minimum atomic E-state index is 0.130. The second-order valence-electron chi connectivity index (χ2n) is 6.23. The molecule has 5 heteroatoms. The number of aryl methyl sites for hydroxylation is 1. The van der Waals surface area contributed by atoms with E-state index in [9.17, 15) is 4.79 Å². The average Bonchev–Trinajstić information content (AvgIpc) is 3.31. The predicted molar refractivity (Wildman–Crippen MR) is 88.1 cm³/mol. The van der Waals surface area contributed by atoms with Crippen molar-refractivity contribution >= 4 is 5.91 Å². The van der Waals surface area contributed by atoms with Gasteiger partial charge in [-0.05, 0) is 42.7 Å². The molecule has 2 aromatic rings. The standard InChI is InChI=1S/C19H21NO4/c21-19(8-6-15-3-2-10-22-15)20-9-1-4-16(20)14-5-7-17-18(13-14)24-12-11-23-17/h2-3,5,7,10,13,16H,1,4,6,8-9,11-12H2/t16-/m0/s1. The SMILES string of the molecule is O=C(CCc1ccco1)N1CCC[C@H]1c1ccc2c(c1)OCCO2. The Kier molecular flexibility index (Phi) is 4.15. The Morgan fingerprint density at radius 2 is 2.04 bits per heavy atom. The van der Waals surface area contributed by atoms with E-state index >= 15 is 0 Å². The number of ether oxygens (including phenoxy) is 2. The second-order valence-corrected chi connectivity index (χ2v) is 6.23. The molecule has 5 nitrogen and oxygen atoms in total. The molecule has 1 saturated heterocycles. The Hall–Kier alpha value is -2.43. The number of hydrogen-bond donors (Lipinski definition) is 0. The summed E-state index contributed by atoms with van der Waals surface area (Å²) in [5, 5.41) is 0. The Labute approximate surface area is 141 Å². The van der Waals surface area contributed by atoms with Gasteiger partial charge in [0.05, 0.1) is 12.3 Å². The lowest BCUT2D eigenvalue weighted by molar-refractivity contribution is -0.132. The van der Waals surface area contributed by atoms with Crippen LogP contribution in [-0.2, 0) is 11.2 Å². The summed E-state index contributed by atoms with van der Waals surface area (Å²) in [5.74, 6) is 2.62. The van der Waals surface area contributed by atoms with Crippen LogP contribution in [0.15, 0.2) is 41.0 Å². The molecule has 3 heterocycles. The number of rotatable bonds is 4. The fourth-order valence-electron chi connectivity index (χ4n) is 3.51. The van der Waals surface area contributed by atoms with Crippen molar-refractivity contribution in [3.05, 3.63) is 47.9 Å². The molecule has 1 atom stereocenters. The quantitative estimate of drug-likeness (QED) is 0.864. The van der Waals surface area contributed by atoms with Crippen molar-refractivity contribution in [3.63, 3.8) is 0 Å². The highest BCUT2D eigenvalue weighted by Crippen LogP contribution is 2.38.